The van der Waals surface area contributed by atoms with Crippen molar-refractivity contribution < 1.29 is 4.74 Å². The fraction of sp³-hybridized carbons (Fsp3) is 0.0769. The molecule has 2 N–H and O–H groups in total. The Morgan fingerprint density at radius 3 is 2.71 bits per heavy atom. The SMILES string of the molecule is Nc1cccc(COc2cccc(I)c2)c1Br. The van der Waals surface area contributed by atoms with Gasteiger partial charge in [0.1, 0.15) is 12.4 Å². The molecule has 0 amide bonds. The summed E-state index contributed by atoms with van der Waals surface area (Å²) in [6.07, 6.45) is 0. The summed E-state index contributed by atoms with van der Waals surface area (Å²) in [7, 11) is 0. The maximum absolute atomic E-state index is 5.81. The Labute approximate surface area is 122 Å². The van der Waals surface area contributed by atoms with E-state index in [1.165, 1.54) is 0 Å². The molecular formula is C13H11BrINO. The lowest BCUT2D eigenvalue weighted by Crippen LogP contribution is -1.98. The molecule has 0 saturated heterocycles. The van der Waals surface area contributed by atoms with Gasteiger partial charge in [-0.05, 0) is 62.8 Å². The van der Waals surface area contributed by atoms with Crippen molar-refractivity contribution in [2.75, 3.05) is 5.73 Å². The molecule has 0 radical (unpaired) electrons. The summed E-state index contributed by atoms with van der Waals surface area (Å²) in [6.45, 7) is 0.506. The number of anilines is 1. The maximum atomic E-state index is 5.81. The Hall–Kier alpha value is -0.750. The molecule has 0 aliphatic carbocycles. The molecule has 2 rings (SSSR count). The van der Waals surface area contributed by atoms with Crippen molar-refractivity contribution in [3.05, 3.63) is 56.1 Å². The highest BCUT2D eigenvalue weighted by atomic mass is 127. The van der Waals surface area contributed by atoms with Crippen LogP contribution in [0, 0.1) is 3.57 Å². The van der Waals surface area contributed by atoms with Crippen LogP contribution in [-0.2, 0) is 6.61 Å². The number of nitrogens with two attached hydrogens (primary N) is 1. The lowest BCUT2D eigenvalue weighted by atomic mass is 10.2. The molecule has 2 nitrogen and oxygen atoms in total. The van der Waals surface area contributed by atoms with Crippen molar-refractivity contribution >= 4 is 44.2 Å². The van der Waals surface area contributed by atoms with Crippen LogP contribution >= 0.6 is 38.5 Å². The van der Waals surface area contributed by atoms with Crippen LogP contribution in [0.15, 0.2) is 46.9 Å². The minimum atomic E-state index is 0.506. The molecule has 0 fully saturated rings. The van der Waals surface area contributed by atoms with Gasteiger partial charge in [-0.1, -0.05) is 18.2 Å². The van der Waals surface area contributed by atoms with Gasteiger partial charge in [0.15, 0.2) is 0 Å². The van der Waals surface area contributed by atoms with Gasteiger partial charge in [-0.2, -0.15) is 0 Å². The second-order valence-electron chi connectivity index (χ2n) is 3.57. The first-order valence-corrected chi connectivity index (χ1v) is 6.95. The van der Waals surface area contributed by atoms with Gasteiger partial charge in [0, 0.05) is 19.3 Å². The second-order valence-corrected chi connectivity index (χ2v) is 5.61. The molecular weight excluding hydrogens is 393 g/mol. The van der Waals surface area contributed by atoms with Crippen LogP contribution < -0.4 is 10.5 Å². The normalized spacial score (nSPS) is 10.2. The summed E-state index contributed by atoms with van der Waals surface area (Å²) in [5.41, 5.74) is 7.59. The third kappa shape index (κ3) is 3.35. The number of halogens is 2. The summed E-state index contributed by atoms with van der Waals surface area (Å²) < 4.78 is 7.79. The van der Waals surface area contributed by atoms with Gasteiger partial charge in [0.2, 0.25) is 0 Å². The summed E-state index contributed by atoms with van der Waals surface area (Å²) in [5, 5.41) is 0. The molecule has 17 heavy (non-hydrogen) atoms. The molecule has 0 unspecified atom stereocenters. The molecule has 0 aromatic heterocycles. The van der Waals surface area contributed by atoms with E-state index in [-0.39, 0.29) is 0 Å². The van der Waals surface area contributed by atoms with E-state index in [1.807, 2.05) is 42.5 Å². The number of hydrogen-bond donors (Lipinski definition) is 1. The summed E-state index contributed by atoms with van der Waals surface area (Å²) in [5.74, 6) is 0.867. The Balaban J connectivity index is 2.10. The van der Waals surface area contributed by atoms with Crippen molar-refractivity contribution in [2.24, 2.45) is 0 Å². The summed E-state index contributed by atoms with van der Waals surface area (Å²) in [4.78, 5) is 0. The van der Waals surface area contributed by atoms with E-state index in [2.05, 4.69) is 38.5 Å². The molecule has 0 heterocycles. The standard InChI is InChI=1S/C13H11BrINO/c14-13-9(3-1-6-12(13)16)8-17-11-5-2-4-10(15)7-11/h1-7H,8,16H2. The number of hydrogen-bond acceptors (Lipinski definition) is 2. The third-order valence-electron chi connectivity index (χ3n) is 2.30. The fourth-order valence-electron chi connectivity index (χ4n) is 1.43. The minimum Gasteiger partial charge on any atom is -0.489 e. The summed E-state index contributed by atoms with van der Waals surface area (Å²) >= 11 is 5.72. The monoisotopic (exact) mass is 403 g/mol. The van der Waals surface area contributed by atoms with Gasteiger partial charge in [-0.3, -0.25) is 0 Å². The van der Waals surface area contributed by atoms with Gasteiger partial charge in [-0.25, -0.2) is 0 Å². The van der Waals surface area contributed by atoms with E-state index in [0.717, 1.165) is 25.0 Å². The van der Waals surface area contributed by atoms with Crippen molar-refractivity contribution in [1.82, 2.24) is 0 Å². The third-order valence-corrected chi connectivity index (χ3v) is 3.94. The first-order valence-electron chi connectivity index (χ1n) is 5.08. The van der Waals surface area contributed by atoms with Crippen LogP contribution in [0.5, 0.6) is 5.75 Å². The van der Waals surface area contributed by atoms with Crippen molar-refractivity contribution in [3.8, 4) is 5.75 Å². The van der Waals surface area contributed by atoms with Crippen LogP contribution in [0.1, 0.15) is 5.56 Å². The largest absolute Gasteiger partial charge is 0.489 e. The van der Waals surface area contributed by atoms with Crippen molar-refractivity contribution in [2.45, 2.75) is 6.61 Å². The van der Waals surface area contributed by atoms with Gasteiger partial charge < -0.3 is 10.5 Å². The first kappa shape index (κ1) is 12.7. The van der Waals surface area contributed by atoms with Crippen molar-refractivity contribution in [1.29, 1.82) is 0 Å². The van der Waals surface area contributed by atoms with Crippen LogP contribution in [0.2, 0.25) is 0 Å². The average Bonchev–Trinajstić information content (AvgIpc) is 2.31. The maximum Gasteiger partial charge on any atom is 0.120 e. The second kappa shape index (κ2) is 5.73. The zero-order valence-corrected chi connectivity index (χ0v) is 12.7. The van der Waals surface area contributed by atoms with Gasteiger partial charge in [0.25, 0.3) is 0 Å². The van der Waals surface area contributed by atoms with E-state index in [0.29, 0.717) is 6.61 Å². The van der Waals surface area contributed by atoms with E-state index in [1.54, 1.807) is 0 Å². The molecule has 0 spiro atoms. The highest BCUT2D eigenvalue weighted by Crippen LogP contribution is 2.25. The number of rotatable bonds is 3. The average molecular weight is 404 g/mol. The Bertz CT molecular complexity index is 531. The smallest absolute Gasteiger partial charge is 0.120 e. The van der Waals surface area contributed by atoms with Gasteiger partial charge >= 0.3 is 0 Å². The van der Waals surface area contributed by atoms with Crippen molar-refractivity contribution in [3.63, 3.8) is 0 Å². The van der Waals surface area contributed by atoms with Crippen LogP contribution in [0.4, 0.5) is 5.69 Å². The highest BCUT2D eigenvalue weighted by Gasteiger charge is 2.03. The van der Waals surface area contributed by atoms with E-state index in [4.69, 9.17) is 10.5 Å². The molecule has 0 atom stereocenters. The Morgan fingerprint density at radius 2 is 1.94 bits per heavy atom. The first-order chi connectivity index (χ1) is 8.16. The predicted molar refractivity (Wildman–Crippen MR) is 82.0 cm³/mol. The number of benzene rings is 2. The lowest BCUT2D eigenvalue weighted by molar-refractivity contribution is 0.305. The Morgan fingerprint density at radius 1 is 1.18 bits per heavy atom. The molecule has 2 aromatic rings. The fourth-order valence-corrected chi connectivity index (χ4v) is 2.32. The molecule has 2 aromatic carbocycles. The molecule has 0 bridgehead atoms. The molecule has 0 aliphatic heterocycles. The zero-order chi connectivity index (χ0) is 12.3. The molecule has 0 saturated carbocycles. The van der Waals surface area contributed by atoms with Crippen LogP contribution in [0.3, 0.4) is 0 Å². The highest BCUT2D eigenvalue weighted by molar-refractivity contribution is 14.1. The number of nitrogen functional groups attached to an aromatic ring is 1. The quantitative estimate of drug-likeness (QED) is 0.615. The summed E-state index contributed by atoms with van der Waals surface area (Å²) in [6, 6.07) is 13.7. The Kier molecular flexibility index (Phi) is 4.28. The molecule has 0 aliphatic rings. The minimum absolute atomic E-state index is 0.506. The van der Waals surface area contributed by atoms with E-state index < -0.39 is 0 Å². The van der Waals surface area contributed by atoms with Gasteiger partial charge in [0.05, 0.1) is 0 Å². The van der Waals surface area contributed by atoms with E-state index in [9.17, 15) is 0 Å². The van der Waals surface area contributed by atoms with Gasteiger partial charge in [-0.15, -0.1) is 0 Å². The van der Waals surface area contributed by atoms with Crippen LogP contribution in [-0.4, -0.2) is 0 Å². The van der Waals surface area contributed by atoms with E-state index >= 15 is 0 Å². The van der Waals surface area contributed by atoms with Crippen LogP contribution in [0.25, 0.3) is 0 Å². The number of ether oxygens (including phenoxy) is 1. The zero-order valence-electron chi connectivity index (χ0n) is 8.99. The predicted octanol–water partition coefficient (Wildman–Crippen LogP) is 4.21. The molecule has 88 valence electrons. The lowest BCUT2D eigenvalue weighted by Gasteiger charge is -2.09. The molecule has 4 heteroatoms. The topological polar surface area (TPSA) is 35.2 Å².